The molecule has 0 unspecified atom stereocenters. The van der Waals surface area contributed by atoms with Gasteiger partial charge in [0.25, 0.3) is 5.69 Å². The molecule has 0 aromatic heterocycles. The van der Waals surface area contributed by atoms with Gasteiger partial charge in [-0.3, -0.25) is 15.0 Å². The lowest BCUT2D eigenvalue weighted by Gasteiger charge is -2.26. The summed E-state index contributed by atoms with van der Waals surface area (Å²) >= 11 is 0. The van der Waals surface area contributed by atoms with Gasteiger partial charge >= 0.3 is 0 Å². The van der Waals surface area contributed by atoms with Gasteiger partial charge in [0, 0.05) is 38.3 Å². The van der Waals surface area contributed by atoms with Crippen molar-refractivity contribution in [1.82, 2.24) is 4.90 Å². The molecule has 0 spiro atoms. The summed E-state index contributed by atoms with van der Waals surface area (Å²) in [4.78, 5) is 12.9. The lowest BCUT2D eigenvalue weighted by Crippen LogP contribution is -2.39. The smallest absolute Gasteiger partial charge is 0.292 e. The minimum Gasteiger partial charge on any atom is -0.494 e. The summed E-state index contributed by atoms with van der Waals surface area (Å²) in [5, 5.41) is 14.2. The molecule has 0 radical (unpaired) electrons. The monoisotopic (exact) mass is 295 g/mol. The highest BCUT2D eigenvalue weighted by molar-refractivity contribution is 5.64. The van der Waals surface area contributed by atoms with Gasteiger partial charge in [0.15, 0.2) is 0 Å². The zero-order valence-electron chi connectivity index (χ0n) is 12.2. The van der Waals surface area contributed by atoms with Gasteiger partial charge in [-0.25, -0.2) is 0 Å². The number of morpholine rings is 1. The lowest BCUT2D eigenvalue weighted by molar-refractivity contribution is -0.384. The van der Waals surface area contributed by atoms with Gasteiger partial charge in [-0.2, -0.15) is 0 Å². The van der Waals surface area contributed by atoms with Crippen LogP contribution < -0.4 is 10.1 Å². The molecule has 1 heterocycles. The second-order valence-corrected chi connectivity index (χ2v) is 4.75. The quantitative estimate of drug-likeness (QED) is 0.610. The number of hydrogen-bond donors (Lipinski definition) is 1. The third-order valence-electron chi connectivity index (χ3n) is 3.32. The molecule has 0 amide bonds. The second kappa shape index (κ2) is 7.80. The Morgan fingerprint density at radius 3 is 2.86 bits per heavy atom. The second-order valence-electron chi connectivity index (χ2n) is 4.75. The van der Waals surface area contributed by atoms with Crippen molar-refractivity contribution >= 4 is 11.4 Å². The molecule has 1 saturated heterocycles. The molecule has 7 heteroatoms. The number of anilines is 1. The summed E-state index contributed by atoms with van der Waals surface area (Å²) in [5.41, 5.74) is 0.569. The normalized spacial score (nSPS) is 15.7. The SMILES string of the molecule is CCOc1ccc([N+](=O)[O-])c(NCCN2CCOCC2)c1. The van der Waals surface area contributed by atoms with E-state index in [2.05, 4.69) is 10.2 Å². The van der Waals surface area contributed by atoms with Crippen molar-refractivity contribution in [3.05, 3.63) is 28.3 Å². The molecule has 21 heavy (non-hydrogen) atoms. The Kier molecular flexibility index (Phi) is 5.77. The van der Waals surface area contributed by atoms with Crippen molar-refractivity contribution in [3.8, 4) is 5.75 Å². The first-order chi connectivity index (χ1) is 10.2. The highest BCUT2D eigenvalue weighted by atomic mass is 16.6. The maximum absolute atomic E-state index is 11.1. The van der Waals surface area contributed by atoms with Crippen LogP contribution in [0.3, 0.4) is 0 Å². The molecule has 0 saturated carbocycles. The van der Waals surface area contributed by atoms with Crippen LogP contribution in [0.25, 0.3) is 0 Å². The van der Waals surface area contributed by atoms with Crippen LogP contribution in [0.4, 0.5) is 11.4 Å². The Bertz CT molecular complexity index is 475. The van der Waals surface area contributed by atoms with Gasteiger partial charge in [0.2, 0.25) is 0 Å². The van der Waals surface area contributed by atoms with Crippen molar-refractivity contribution in [1.29, 1.82) is 0 Å². The van der Waals surface area contributed by atoms with E-state index in [-0.39, 0.29) is 10.6 Å². The summed E-state index contributed by atoms with van der Waals surface area (Å²) in [7, 11) is 0. The third kappa shape index (κ3) is 4.57. The largest absolute Gasteiger partial charge is 0.494 e. The van der Waals surface area contributed by atoms with Crippen molar-refractivity contribution in [3.63, 3.8) is 0 Å². The number of nitrogens with one attached hydrogen (secondary N) is 1. The fourth-order valence-electron chi connectivity index (χ4n) is 2.25. The van der Waals surface area contributed by atoms with E-state index in [1.165, 1.54) is 6.07 Å². The van der Waals surface area contributed by atoms with Gasteiger partial charge in [0.05, 0.1) is 24.7 Å². The molecule has 0 atom stereocenters. The summed E-state index contributed by atoms with van der Waals surface area (Å²) in [6, 6.07) is 4.78. The number of nitro benzene ring substituents is 1. The maximum atomic E-state index is 11.1. The Hall–Kier alpha value is -1.86. The standard InChI is InChI=1S/C14H21N3O4/c1-2-21-12-3-4-14(17(18)19)13(11-12)15-5-6-16-7-9-20-10-8-16/h3-4,11,15H,2,5-10H2,1H3. The molecule has 1 aliphatic rings. The molecule has 116 valence electrons. The molecule has 1 aromatic rings. The van der Waals surface area contributed by atoms with E-state index in [4.69, 9.17) is 9.47 Å². The minimum absolute atomic E-state index is 0.0698. The highest BCUT2D eigenvalue weighted by Gasteiger charge is 2.15. The maximum Gasteiger partial charge on any atom is 0.292 e. The number of benzene rings is 1. The highest BCUT2D eigenvalue weighted by Crippen LogP contribution is 2.28. The lowest BCUT2D eigenvalue weighted by atomic mass is 10.2. The zero-order valence-corrected chi connectivity index (χ0v) is 12.2. The first-order valence-electron chi connectivity index (χ1n) is 7.16. The summed E-state index contributed by atoms with van der Waals surface area (Å²) in [5.74, 6) is 0.636. The Labute approximate surface area is 124 Å². The topological polar surface area (TPSA) is 76.9 Å². The molecule has 1 fully saturated rings. The van der Waals surface area contributed by atoms with Crippen LogP contribution in [0.15, 0.2) is 18.2 Å². The van der Waals surface area contributed by atoms with Gasteiger partial charge in [-0.05, 0) is 13.0 Å². The van der Waals surface area contributed by atoms with Crippen LogP contribution in [-0.2, 0) is 4.74 Å². The fourth-order valence-corrected chi connectivity index (χ4v) is 2.25. The summed E-state index contributed by atoms with van der Waals surface area (Å²) < 4.78 is 10.7. The first kappa shape index (κ1) is 15.5. The van der Waals surface area contributed by atoms with E-state index in [0.29, 0.717) is 24.6 Å². The van der Waals surface area contributed by atoms with Gasteiger partial charge in [-0.1, -0.05) is 0 Å². The third-order valence-corrected chi connectivity index (χ3v) is 3.32. The first-order valence-corrected chi connectivity index (χ1v) is 7.16. The average Bonchev–Trinajstić information content (AvgIpc) is 2.49. The predicted molar refractivity (Wildman–Crippen MR) is 80.0 cm³/mol. The van der Waals surface area contributed by atoms with Crippen molar-refractivity contribution in [2.45, 2.75) is 6.92 Å². The van der Waals surface area contributed by atoms with Crippen LogP contribution in [0.5, 0.6) is 5.75 Å². The molecule has 2 rings (SSSR count). The van der Waals surface area contributed by atoms with Crippen LogP contribution >= 0.6 is 0 Å². The number of nitro groups is 1. The fraction of sp³-hybridized carbons (Fsp3) is 0.571. The van der Waals surface area contributed by atoms with Crippen LogP contribution in [0, 0.1) is 10.1 Å². The molecule has 0 bridgehead atoms. The number of rotatable bonds is 7. The molecule has 1 aliphatic heterocycles. The van der Waals surface area contributed by atoms with Crippen molar-refractivity contribution < 1.29 is 14.4 Å². The van der Waals surface area contributed by atoms with E-state index in [0.717, 1.165) is 32.8 Å². The van der Waals surface area contributed by atoms with E-state index in [1.807, 2.05) is 6.92 Å². The van der Waals surface area contributed by atoms with E-state index >= 15 is 0 Å². The van der Waals surface area contributed by atoms with Crippen LogP contribution in [0.2, 0.25) is 0 Å². The van der Waals surface area contributed by atoms with E-state index in [9.17, 15) is 10.1 Å². The van der Waals surface area contributed by atoms with E-state index in [1.54, 1.807) is 12.1 Å². The minimum atomic E-state index is -0.382. The van der Waals surface area contributed by atoms with Gasteiger partial charge < -0.3 is 14.8 Å². The van der Waals surface area contributed by atoms with E-state index < -0.39 is 0 Å². The average molecular weight is 295 g/mol. The van der Waals surface area contributed by atoms with Crippen LogP contribution in [-0.4, -0.2) is 55.8 Å². The molecular weight excluding hydrogens is 274 g/mol. The van der Waals surface area contributed by atoms with Gasteiger partial charge in [-0.15, -0.1) is 0 Å². The Balaban J connectivity index is 1.95. The summed E-state index contributed by atoms with van der Waals surface area (Å²) in [6.45, 7) is 7.21. The molecule has 7 nitrogen and oxygen atoms in total. The molecule has 1 N–H and O–H groups in total. The number of ether oxygens (including phenoxy) is 2. The molecule has 1 aromatic carbocycles. The van der Waals surface area contributed by atoms with Crippen LogP contribution in [0.1, 0.15) is 6.92 Å². The molecular formula is C14H21N3O4. The number of hydrogen-bond acceptors (Lipinski definition) is 6. The Morgan fingerprint density at radius 2 is 2.19 bits per heavy atom. The van der Waals surface area contributed by atoms with Crippen molar-refractivity contribution in [2.75, 3.05) is 51.3 Å². The van der Waals surface area contributed by atoms with Crippen molar-refractivity contribution in [2.24, 2.45) is 0 Å². The molecule has 0 aliphatic carbocycles. The number of nitrogens with zero attached hydrogens (tertiary/aromatic N) is 2. The zero-order chi connectivity index (χ0) is 15.1. The predicted octanol–water partition coefficient (Wildman–Crippen LogP) is 1.74. The summed E-state index contributed by atoms with van der Waals surface area (Å²) in [6.07, 6.45) is 0. The van der Waals surface area contributed by atoms with Gasteiger partial charge in [0.1, 0.15) is 11.4 Å². The Morgan fingerprint density at radius 1 is 1.43 bits per heavy atom.